The van der Waals surface area contributed by atoms with Gasteiger partial charge in [0.1, 0.15) is 0 Å². The van der Waals surface area contributed by atoms with Crippen molar-refractivity contribution in [1.82, 2.24) is 0 Å². The third-order valence-electron chi connectivity index (χ3n) is 5.21. The minimum absolute atomic E-state index is 1.32. The average Bonchev–Trinajstić information content (AvgIpc) is 2.90. The van der Waals surface area contributed by atoms with Crippen LogP contribution < -0.4 is 0 Å². The van der Waals surface area contributed by atoms with Crippen molar-refractivity contribution in [2.45, 2.75) is 82.2 Å². The monoisotopic (exact) mass is 484 g/mol. The molecule has 0 saturated heterocycles. The summed E-state index contributed by atoms with van der Waals surface area (Å²) in [5, 5.41) is -1.86. The van der Waals surface area contributed by atoms with Crippen LogP contribution in [-0.4, -0.2) is 31.0 Å². The Kier molecular flexibility index (Phi) is 11.0. The molecule has 0 saturated carbocycles. The minimum atomic E-state index is -1.86. The first kappa shape index (κ1) is 24.3. The number of halogens is 1. The van der Waals surface area contributed by atoms with Crippen molar-refractivity contribution in [2.24, 2.45) is 0 Å². The summed E-state index contributed by atoms with van der Waals surface area (Å²) < 4.78 is 0. The number of hydrogen-bond donors (Lipinski definition) is 0. The van der Waals surface area contributed by atoms with Gasteiger partial charge in [-0.05, 0) is 0 Å². The van der Waals surface area contributed by atoms with Crippen molar-refractivity contribution < 1.29 is 0 Å². The van der Waals surface area contributed by atoms with Gasteiger partial charge in [0.25, 0.3) is 0 Å². The zero-order valence-electron chi connectivity index (χ0n) is 17.1. The molecule has 1 aromatic heterocycles. The summed E-state index contributed by atoms with van der Waals surface area (Å²) in [4.78, 5) is 6.30. The van der Waals surface area contributed by atoms with Crippen LogP contribution in [0, 0.1) is 6.92 Å². The molecule has 0 aliphatic heterocycles. The number of rotatable bonds is 13. The molecule has 0 N–H and O–H groups in total. The van der Waals surface area contributed by atoms with Crippen molar-refractivity contribution in [2.75, 3.05) is 31.0 Å². The average molecular weight is 486 g/mol. The fraction of sp³-hybridized carbons (Fsp3) is 0.800. The second kappa shape index (κ2) is 11.3. The topological polar surface area (TPSA) is 0 Å². The quantitative estimate of drug-likeness (QED) is 0.202. The van der Waals surface area contributed by atoms with Gasteiger partial charge in [0.15, 0.2) is 0 Å². The predicted molar refractivity (Wildman–Crippen MR) is 131 cm³/mol. The van der Waals surface area contributed by atoms with Gasteiger partial charge in [0.2, 0.25) is 0 Å². The van der Waals surface area contributed by atoms with Crippen LogP contribution >= 0.6 is 55.7 Å². The van der Waals surface area contributed by atoms with Crippen LogP contribution in [-0.2, 0) is 6.16 Å². The third kappa shape index (κ3) is 6.70. The zero-order chi connectivity index (χ0) is 18.9. The Morgan fingerprint density at radius 1 is 0.840 bits per heavy atom. The van der Waals surface area contributed by atoms with E-state index in [1.165, 1.54) is 72.9 Å². The van der Waals surface area contributed by atoms with Crippen LogP contribution in [0.25, 0.3) is 0 Å². The van der Waals surface area contributed by atoms with Gasteiger partial charge >= 0.3 is 179 Å². The third-order valence-corrected chi connectivity index (χ3v) is 18.1. The predicted octanol–water partition coefficient (Wildman–Crippen LogP) is 9.26. The van der Waals surface area contributed by atoms with E-state index in [1.54, 1.807) is 9.77 Å². The van der Waals surface area contributed by atoms with E-state index in [4.69, 9.17) is 0 Å². The zero-order valence-corrected chi connectivity index (χ0v) is 22.1. The molecule has 0 aromatic carbocycles. The molecule has 25 heavy (non-hydrogen) atoms. The Balaban J connectivity index is 3.30. The van der Waals surface area contributed by atoms with Crippen molar-refractivity contribution in [3.63, 3.8) is 0 Å². The van der Waals surface area contributed by atoms with E-state index in [2.05, 4.69) is 67.0 Å². The molecule has 0 unspecified atom stereocenters. The summed E-state index contributed by atoms with van der Waals surface area (Å²) in [5.41, 5.74) is 0. The van der Waals surface area contributed by atoms with Crippen LogP contribution in [0.4, 0.5) is 0 Å². The van der Waals surface area contributed by atoms with Crippen molar-refractivity contribution in [3.05, 3.63) is 9.75 Å². The maximum atomic E-state index is 4.57. The van der Waals surface area contributed by atoms with E-state index >= 15 is 0 Å². The summed E-state index contributed by atoms with van der Waals surface area (Å²) >= 11 is 10.6. The number of thiophene rings is 1. The Morgan fingerprint density at radius 2 is 1.28 bits per heavy atom. The number of hydrogen-bond acceptors (Lipinski definition) is 3. The molecule has 0 nitrogen and oxygen atoms in total. The molecule has 0 radical (unpaired) electrons. The van der Waals surface area contributed by atoms with Crippen molar-refractivity contribution >= 4 is 55.7 Å². The van der Waals surface area contributed by atoms with E-state index in [1.807, 2.05) is 23.5 Å². The SMILES string of the molecule is CCCCP(Br)(CCCC)(CCCC)Cc1sc(C)c(SC)c1SC. The molecular weight excluding hydrogens is 447 g/mol. The van der Waals surface area contributed by atoms with E-state index in [-0.39, 0.29) is 0 Å². The molecule has 0 aliphatic rings. The van der Waals surface area contributed by atoms with Gasteiger partial charge in [0, 0.05) is 0 Å². The van der Waals surface area contributed by atoms with Gasteiger partial charge in [-0.3, -0.25) is 0 Å². The Hall–Kier alpha value is 1.31. The number of unbranched alkanes of at least 4 members (excludes halogenated alkanes) is 3. The van der Waals surface area contributed by atoms with Crippen molar-refractivity contribution in [1.29, 1.82) is 0 Å². The van der Waals surface area contributed by atoms with Gasteiger partial charge < -0.3 is 0 Å². The van der Waals surface area contributed by atoms with Gasteiger partial charge in [-0.15, -0.1) is 0 Å². The molecule has 5 heteroatoms. The molecule has 0 spiro atoms. The maximum absolute atomic E-state index is 4.57. The molecule has 0 aliphatic carbocycles. The van der Waals surface area contributed by atoms with Crippen molar-refractivity contribution in [3.8, 4) is 0 Å². The molecular formula is C20H38BrPS3. The van der Waals surface area contributed by atoms with Crippen LogP contribution in [0.2, 0.25) is 0 Å². The Morgan fingerprint density at radius 3 is 1.64 bits per heavy atom. The molecule has 0 bridgehead atoms. The van der Waals surface area contributed by atoms with Gasteiger partial charge in [0.05, 0.1) is 0 Å². The Bertz CT molecular complexity index is 503. The second-order valence-electron chi connectivity index (χ2n) is 7.36. The molecule has 0 amide bonds. The van der Waals surface area contributed by atoms with Crippen LogP contribution in [0.1, 0.15) is 69.1 Å². The van der Waals surface area contributed by atoms with E-state index in [0.29, 0.717) is 0 Å². The molecule has 0 fully saturated rings. The van der Waals surface area contributed by atoms with Crippen LogP contribution in [0.15, 0.2) is 9.79 Å². The molecule has 148 valence electrons. The molecule has 0 atom stereocenters. The summed E-state index contributed by atoms with van der Waals surface area (Å²) in [6, 6.07) is 0. The Labute approximate surface area is 177 Å². The van der Waals surface area contributed by atoms with Gasteiger partial charge in [-0.25, -0.2) is 0 Å². The van der Waals surface area contributed by atoms with E-state index < -0.39 is 5.31 Å². The number of aryl methyl sites for hydroxylation is 1. The van der Waals surface area contributed by atoms with E-state index in [0.717, 1.165) is 0 Å². The molecule has 1 heterocycles. The summed E-state index contributed by atoms with van der Waals surface area (Å²) in [6.45, 7) is 9.36. The number of thioether (sulfide) groups is 2. The van der Waals surface area contributed by atoms with Crippen LogP contribution in [0.5, 0.6) is 0 Å². The molecule has 1 rings (SSSR count). The standard InChI is InChI=1S/C20H38BrPS3/c1-7-10-13-22(21,14-11-8-2,15-12-9-3)16-18-20(24-6)19(23-5)17(4)25-18/h7-16H2,1-6H3. The van der Waals surface area contributed by atoms with Gasteiger partial charge in [-0.2, -0.15) is 0 Å². The van der Waals surface area contributed by atoms with E-state index in [9.17, 15) is 0 Å². The first-order valence-corrected chi connectivity index (χ1v) is 18.1. The fourth-order valence-electron chi connectivity index (χ4n) is 3.70. The fourth-order valence-corrected chi connectivity index (χ4v) is 17.3. The summed E-state index contributed by atoms with van der Waals surface area (Å²) in [5.74, 6) is 0. The second-order valence-corrected chi connectivity index (χ2v) is 21.6. The van der Waals surface area contributed by atoms with Crippen LogP contribution in [0.3, 0.4) is 0 Å². The molecule has 1 aromatic rings. The first-order valence-electron chi connectivity index (χ1n) is 9.79. The summed E-state index contributed by atoms with van der Waals surface area (Å²) in [7, 11) is 0. The normalized spacial score (nSPS) is 13.8. The summed E-state index contributed by atoms with van der Waals surface area (Å²) in [6.07, 6.45) is 18.2. The first-order chi connectivity index (χ1) is 11.9. The van der Waals surface area contributed by atoms with Gasteiger partial charge in [-0.1, -0.05) is 0 Å².